The van der Waals surface area contributed by atoms with Crippen LogP contribution < -0.4 is 10.5 Å². The van der Waals surface area contributed by atoms with Crippen molar-refractivity contribution in [2.75, 3.05) is 13.7 Å². The number of primary sulfonamides is 1. The van der Waals surface area contributed by atoms with Gasteiger partial charge in [0.25, 0.3) is 5.91 Å². The van der Waals surface area contributed by atoms with Crippen molar-refractivity contribution >= 4 is 21.9 Å². The normalized spacial score (nSPS) is 14.5. The molecule has 1 aromatic rings. The number of ether oxygens (including phenoxy) is 1. The van der Waals surface area contributed by atoms with Crippen LogP contribution in [0.1, 0.15) is 23.2 Å². The van der Waals surface area contributed by atoms with Crippen LogP contribution in [0.3, 0.4) is 0 Å². The molecule has 0 bridgehead atoms. The SMILES string of the molecule is COCC(C)(NC(=O)c1cc(S(N)(=O)=O)c(C)o1)C(=O)O. The average Bonchev–Trinajstić information content (AvgIpc) is 2.71. The molecule has 1 heterocycles. The summed E-state index contributed by atoms with van der Waals surface area (Å²) >= 11 is 0. The molecule has 118 valence electrons. The number of nitrogens with two attached hydrogens (primary N) is 1. The number of rotatable bonds is 6. The van der Waals surface area contributed by atoms with Gasteiger partial charge < -0.3 is 19.6 Å². The number of hydrogen-bond donors (Lipinski definition) is 3. The van der Waals surface area contributed by atoms with E-state index in [1.54, 1.807) is 0 Å². The lowest BCUT2D eigenvalue weighted by atomic mass is 10.0. The topological polar surface area (TPSA) is 149 Å². The Morgan fingerprint density at radius 3 is 2.48 bits per heavy atom. The maximum atomic E-state index is 12.0. The number of amides is 1. The van der Waals surface area contributed by atoms with E-state index >= 15 is 0 Å². The molecule has 4 N–H and O–H groups in total. The Labute approximate surface area is 121 Å². The summed E-state index contributed by atoms with van der Waals surface area (Å²) in [5.74, 6) is -2.63. The third kappa shape index (κ3) is 3.80. The molecule has 9 nitrogen and oxygen atoms in total. The zero-order valence-corrected chi connectivity index (χ0v) is 12.5. The average molecular weight is 320 g/mol. The van der Waals surface area contributed by atoms with Crippen molar-refractivity contribution in [3.05, 3.63) is 17.6 Å². The highest BCUT2D eigenvalue weighted by Crippen LogP contribution is 2.19. The molecule has 10 heteroatoms. The van der Waals surface area contributed by atoms with E-state index in [0.717, 1.165) is 6.07 Å². The van der Waals surface area contributed by atoms with Gasteiger partial charge in [-0.2, -0.15) is 0 Å². The quantitative estimate of drug-likeness (QED) is 0.636. The first-order valence-electron chi connectivity index (χ1n) is 5.69. The Morgan fingerprint density at radius 2 is 2.10 bits per heavy atom. The molecule has 0 fully saturated rings. The van der Waals surface area contributed by atoms with Gasteiger partial charge in [-0.15, -0.1) is 0 Å². The van der Waals surface area contributed by atoms with Crippen LogP contribution >= 0.6 is 0 Å². The van der Waals surface area contributed by atoms with Crippen molar-refractivity contribution in [1.29, 1.82) is 0 Å². The Hall–Kier alpha value is -1.91. The Bertz CT molecular complexity index is 664. The number of carboxylic acid groups (broad SMARTS) is 1. The van der Waals surface area contributed by atoms with Crippen LogP contribution in [-0.2, 0) is 19.6 Å². The number of sulfonamides is 1. The van der Waals surface area contributed by atoms with Gasteiger partial charge in [0.05, 0.1) is 6.61 Å². The smallest absolute Gasteiger partial charge is 0.331 e. The molecule has 0 radical (unpaired) electrons. The van der Waals surface area contributed by atoms with Gasteiger partial charge in [0.15, 0.2) is 11.3 Å². The first-order valence-corrected chi connectivity index (χ1v) is 7.24. The van der Waals surface area contributed by atoms with E-state index in [1.165, 1.54) is 21.0 Å². The van der Waals surface area contributed by atoms with Crippen LogP contribution in [-0.4, -0.2) is 44.7 Å². The van der Waals surface area contributed by atoms with E-state index in [2.05, 4.69) is 5.32 Å². The van der Waals surface area contributed by atoms with Gasteiger partial charge in [-0.3, -0.25) is 4.79 Å². The molecule has 0 spiro atoms. The molecule has 0 saturated carbocycles. The predicted octanol–water partition coefficient (Wildman–Crippen LogP) is -0.545. The Morgan fingerprint density at radius 1 is 1.52 bits per heavy atom. The molecule has 0 saturated heterocycles. The van der Waals surface area contributed by atoms with Crippen LogP contribution in [0.4, 0.5) is 0 Å². The van der Waals surface area contributed by atoms with E-state index in [0.29, 0.717) is 0 Å². The molecule has 0 aliphatic heterocycles. The summed E-state index contributed by atoms with van der Waals surface area (Å²) in [5.41, 5.74) is -1.69. The second-order valence-corrected chi connectivity index (χ2v) is 6.13. The van der Waals surface area contributed by atoms with Gasteiger partial charge in [-0.25, -0.2) is 18.4 Å². The highest BCUT2D eigenvalue weighted by atomic mass is 32.2. The minimum Gasteiger partial charge on any atom is -0.479 e. The fourth-order valence-electron chi connectivity index (χ4n) is 1.61. The largest absolute Gasteiger partial charge is 0.479 e. The fraction of sp³-hybridized carbons (Fsp3) is 0.455. The van der Waals surface area contributed by atoms with Gasteiger partial charge in [0, 0.05) is 13.2 Å². The van der Waals surface area contributed by atoms with Gasteiger partial charge in [-0.05, 0) is 13.8 Å². The maximum absolute atomic E-state index is 12.0. The summed E-state index contributed by atoms with van der Waals surface area (Å²) in [6, 6.07) is 0.940. The van der Waals surface area contributed by atoms with E-state index in [-0.39, 0.29) is 23.0 Å². The number of hydrogen-bond acceptors (Lipinski definition) is 6. The summed E-state index contributed by atoms with van der Waals surface area (Å²) in [6.45, 7) is 2.28. The van der Waals surface area contributed by atoms with Gasteiger partial charge in [-0.1, -0.05) is 0 Å². The number of aliphatic carboxylic acids is 1. The van der Waals surface area contributed by atoms with E-state index in [1.807, 2.05) is 0 Å². The van der Waals surface area contributed by atoms with E-state index < -0.39 is 27.4 Å². The van der Waals surface area contributed by atoms with Crippen LogP contribution in [0, 0.1) is 6.92 Å². The molecular formula is C11H16N2O7S. The number of aryl methyl sites for hydroxylation is 1. The monoisotopic (exact) mass is 320 g/mol. The predicted molar refractivity (Wildman–Crippen MR) is 70.2 cm³/mol. The Balaban J connectivity index is 3.08. The van der Waals surface area contributed by atoms with Crippen molar-refractivity contribution in [2.24, 2.45) is 5.14 Å². The summed E-state index contributed by atoms with van der Waals surface area (Å²) in [7, 11) is -2.75. The number of furan rings is 1. The summed E-state index contributed by atoms with van der Waals surface area (Å²) in [5, 5.41) is 16.3. The molecule has 1 unspecified atom stereocenters. The molecular weight excluding hydrogens is 304 g/mol. The molecule has 1 amide bonds. The van der Waals surface area contributed by atoms with Crippen LogP contribution in [0.15, 0.2) is 15.4 Å². The lowest BCUT2D eigenvalue weighted by Gasteiger charge is -2.24. The van der Waals surface area contributed by atoms with Gasteiger partial charge in [0.2, 0.25) is 10.0 Å². The van der Waals surface area contributed by atoms with Crippen molar-refractivity contribution in [1.82, 2.24) is 5.32 Å². The standard InChI is InChI=1S/C11H16N2O7S/c1-6-8(21(12,17)18)4-7(20-6)9(14)13-11(2,5-19-3)10(15)16/h4H,5H2,1-3H3,(H,13,14)(H,15,16)(H2,12,17,18). The summed E-state index contributed by atoms with van der Waals surface area (Å²) in [4.78, 5) is 22.8. The highest BCUT2D eigenvalue weighted by molar-refractivity contribution is 7.89. The second-order valence-electron chi connectivity index (χ2n) is 4.60. The first kappa shape index (κ1) is 17.1. The number of methoxy groups -OCH3 is 1. The van der Waals surface area contributed by atoms with Crippen molar-refractivity contribution in [3.63, 3.8) is 0 Å². The number of carboxylic acids is 1. The van der Waals surface area contributed by atoms with E-state index in [4.69, 9.17) is 19.4 Å². The van der Waals surface area contributed by atoms with Gasteiger partial charge in [0.1, 0.15) is 10.7 Å². The van der Waals surface area contributed by atoms with Crippen LogP contribution in [0.5, 0.6) is 0 Å². The highest BCUT2D eigenvalue weighted by Gasteiger charge is 2.36. The maximum Gasteiger partial charge on any atom is 0.331 e. The fourth-order valence-corrected chi connectivity index (χ4v) is 2.33. The third-order valence-corrected chi connectivity index (χ3v) is 3.72. The molecule has 21 heavy (non-hydrogen) atoms. The molecule has 0 aromatic carbocycles. The minimum absolute atomic E-state index is 0.0635. The van der Waals surface area contributed by atoms with Crippen molar-refractivity contribution < 1.29 is 32.3 Å². The molecule has 1 atom stereocenters. The number of nitrogens with one attached hydrogen (secondary N) is 1. The first-order chi connectivity index (χ1) is 9.51. The van der Waals surface area contributed by atoms with Crippen LogP contribution in [0.25, 0.3) is 0 Å². The molecule has 0 aliphatic rings. The summed E-state index contributed by atoms with van der Waals surface area (Å²) in [6.07, 6.45) is 0. The molecule has 1 aromatic heterocycles. The molecule has 0 aliphatic carbocycles. The zero-order valence-electron chi connectivity index (χ0n) is 11.7. The van der Waals surface area contributed by atoms with Gasteiger partial charge >= 0.3 is 5.97 Å². The minimum atomic E-state index is -4.03. The number of carbonyl (C=O) groups is 2. The van der Waals surface area contributed by atoms with Crippen molar-refractivity contribution in [3.8, 4) is 0 Å². The lowest BCUT2D eigenvalue weighted by molar-refractivity contribution is -0.145. The second kappa shape index (κ2) is 5.84. The zero-order chi connectivity index (χ0) is 16.4. The van der Waals surface area contributed by atoms with E-state index in [9.17, 15) is 18.0 Å². The number of carbonyl (C=O) groups excluding carboxylic acids is 1. The third-order valence-electron chi connectivity index (χ3n) is 2.70. The lowest BCUT2D eigenvalue weighted by Crippen LogP contribution is -2.55. The molecule has 1 rings (SSSR count). The van der Waals surface area contributed by atoms with Crippen molar-refractivity contribution in [2.45, 2.75) is 24.3 Å². The van der Waals surface area contributed by atoms with Crippen LogP contribution in [0.2, 0.25) is 0 Å². The summed E-state index contributed by atoms with van der Waals surface area (Å²) < 4.78 is 32.3. The Kier molecular flexibility index (Phi) is 4.76.